The number of ether oxygens (including phenoxy) is 2. The van der Waals surface area contributed by atoms with Gasteiger partial charge in [-0.2, -0.15) is 0 Å². The summed E-state index contributed by atoms with van der Waals surface area (Å²) in [5.41, 5.74) is -0.170. The van der Waals surface area contributed by atoms with Crippen LogP contribution in [0, 0.1) is 17.8 Å². The van der Waals surface area contributed by atoms with Crippen molar-refractivity contribution in [3.8, 4) is 0 Å². The molecule has 0 spiro atoms. The first-order chi connectivity index (χ1) is 16.6. The molecule has 3 atom stereocenters. The second-order valence-electron chi connectivity index (χ2n) is 9.75. The predicted octanol–water partition coefficient (Wildman–Crippen LogP) is 4.14. The number of halogens is 1. The van der Waals surface area contributed by atoms with Crippen molar-refractivity contribution >= 4 is 34.2 Å². The maximum absolute atomic E-state index is 14.2. The largest absolute Gasteiger partial charge is 0.419 e. The van der Waals surface area contributed by atoms with Crippen molar-refractivity contribution in [3.63, 3.8) is 0 Å². The van der Waals surface area contributed by atoms with Crippen LogP contribution in [0.15, 0.2) is 41.7 Å². The van der Waals surface area contributed by atoms with Gasteiger partial charge in [0, 0.05) is 30.3 Å². The van der Waals surface area contributed by atoms with Gasteiger partial charge in [-0.05, 0) is 11.5 Å². The summed E-state index contributed by atoms with van der Waals surface area (Å²) in [7, 11) is 0. The van der Waals surface area contributed by atoms with Crippen LogP contribution in [0.4, 0.5) is 4.39 Å². The molecule has 35 heavy (non-hydrogen) atoms. The van der Waals surface area contributed by atoms with E-state index in [1.807, 2.05) is 44.2 Å². The van der Waals surface area contributed by atoms with Crippen LogP contribution in [-0.4, -0.2) is 46.5 Å². The third kappa shape index (κ3) is 4.39. The number of ketones is 1. The molecule has 2 aliphatic rings. The third-order valence-corrected chi connectivity index (χ3v) is 6.78. The van der Waals surface area contributed by atoms with Crippen molar-refractivity contribution in [1.29, 1.82) is 0 Å². The Morgan fingerprint density at radius 3 is 2.63 bits per heavy atom. The van der Waals surface area contributed by atoms with Gasteiger partial charge in [-0.15, -0.1) is 0 Å². The van der Waals surface area contributed by atoms with E-state index in [2.05, 4.69) is 10.1 Å². The quantitative estimate of drug-likeness (QED) is 0.519. The zero-order valence-corrected chi connectivity index (χ0v) is 20.2. The molecule has 8 nitrogen and oxygen atoms in total. The molecule has 2 aliphatic heterocycles. The number of carbonyl (C=O) groups excluding carboxylic acids is 3. The van der Waals surface area contributed by atoms with Gasteiger partial charge in [0.2, 0.25) is 5.60 Å². The van der Waals surface area contributed by atoms with E-state index in [-0.39, 0.29) is 31.0 Å². The molecule has 0 amide bonds. The molecule has 1 aromatic heterocycles. The first-order valence-electron chi connectivity index (χ1n) is 11.7. The molecule has 0 N–H and O–H groups in total. The Morgan fingerprint density at radius 2 is 1.94 bits per heavy atom. The molecule has 0 bridgehead atoms. The van der Waals surface area contributed by atoms with Crippen LogP contribution in [0.5, 0.6) is 0 Å². The molecule has 3 heterocycles. The standard InChI is InChI=1S/C26H29FN2O6/c1-15(2)24(32)34-26(14-27)18(12-22(31)33-26)11-21(30)25(16(3)4)13-20(29-35-25)23-19-8-6-5-7-17(19)9-10-28-23/h5-10,15-16,18H,11-14H2,1-4H3/t18-,25+,26-/m0/s1. The number of esters is 2. The molecular formula is C26H29FN2O6. The average Bonchev–Trinajstić information content (AvgIpc) is 3.41. The van der Waals surface area contributed by atoms with Crippen molar-refractivity contribution in [1.82, 2.24) is 4.98 Å². The summed E-state index contributed by atoms with van der Waals surface area (Å²) in [5, 5.41) is 6.11. The average molecular weight is 485 g/mol. The molecule has 0 saturated carbocycles. The first kappa shape index (κ1) is 24.8. The van der Waals surface area contributed by atoms with E-state index in [1.165, 1.54) is 0 Å². The number of nitrogens with zero attached hydrogens (tertiary/aromatic N) is 2. The summed E-state index contributed by atoms with van der Waals surface area (Å²) < 4.78 is 24.6. The Labute approximate surface area is 202 Å². The minimum Gasteiger partial charge on any atom is -0.419 e. The lowest BCUT2D eigenvalue weighted by Gasteiger charge is -2.34. The van der Waals surface area contributed by atoms with E-state index < -0.39 is 41.8 Å². The fourth-order valence-corrected chi connectivity index (χ4v) is 4.56. The fourth-order valence-electron chi connectivity index (χ4n) is 4.56. The Balaban J connectivity index is 1.60. The molecular weight excluding hydrogens is 455 g/mol. The Morgan fingerprint density at radius 1 is 1.20 bits per heavy atom. The number of aromatic nitrogens is 1. The van der Waals surface area contributed by atoms with Crippen LogP contribution >= 0.6 is 0 Å². The highest BCUT2D eigenvalue weighted by Crippen LogP contribution is 2.42. The van der Waals surface area contributed by atoms with Crippen molar-refractivity contribution < 1.29 is 33.1 Å². The molecule has 186 valence electrons. The molecule has 0 unspecified atom stereocenters. The number of hydrogen-bond donors (Lipinski definition) is 0. The Kier molecular flexibility index (Phi) is 6.62. The summed E-state index contributed by atoms with van der Waals surface area (Å²) in [6.07, 6.45) is 1.33. The molecule has 1 saturated heterocycles. The number of oxime groups is 1. The Bertz CT molecular complexity index is 1190. The highest BCUT2D eigenvalue weighted by Gasteiger charge is 2.57. The highest BCUT2D eigenvalue weighted by molar-refractivity contribution is 6.12. The first-order valence-corrected chi connectivity index (χ1v) is 11.7. The molecule has 0 aliphatic carbocycles. The van der Waals surface area contributed by atoms with Crippen molar-refractivity contribution in [2.75, 3.05) is 6.67 Å². The zero-order chi connectivity index (χ0) is 25.4. The summed E-state index contributed by atoms with van der Waals surface area (Å²) in [4.78, 5) is 48.3. The summed E-state index contributed by atoms with van der Waals surface area (Å²) in [6.45, 7) is 5.61. The second-order valence-corrected chi connectivity index (χ2v) is 9.75. The lowest BCUT2D eigenvalue weighted by molar-refractivity contribution is -0.235. The third-order valence-electron chi connectivity index (χ3n) is 6.78. The second kappa shape index (κ2) is 9.36. The summed E-state index contributed by atoms with van der Waals surface area (Å²) >= 11 is 0. The topological polar surface area (TPSA) is 104 Å². The van der Waals surface area contributed by atoms with Crippen LogP contribution in [0.2, 0.25) is 0 Å². The maximum Gasteiger partial charge on any atom is 0.311 e. The minimum absolute atomic E-state index is 0.167. The van der Waals surface area contributed by atoms with Crippen LogP contribution in [0.25, 0.3) is 10.8 Å². The van der Waals surface area contributed by atoms with E-state index in [1.54, 1.807) is 20.0 Å². The highest BCUT2D eigenvalue weighted by atomic mass is 19.1. The van der Waals surface area contributed by atoms with Gasteiger partial charge in [0.25, 0.3) is 5.79 Å². The SMILES string of the molecule is CC(C)C(=O)O[C@]1(CF)OC(=O)C[C@@H]1CC(=O)[C@]1(C(C)C)CC(c2nccc3ccccc23)=NO1. The van der Waals surface area contributed by atoms with Crippen LogP contribution in [0.3, 0.4) is 0 Å². The van der Waals surface area contributed by atoms with E-state index >= 15 is 0 Å². The number of pyridine rings is 1. The predicted molar refractivity (Wildman–Crippen MR) is 125 cm³/mol. The van der Waals surface area contributed by atoms with Crippen LogP contribution in [0.1, 0.15) is 52.7 Å². The number of fused-ring (bicyclic) bond motifs is 1. The molecule has 1 aromatic carbocycles. The lowest BCUT2D eigenvalue weighted by Crippen LogP contribution is -2.49. The number of alkyl halides is 1. The summed E-state index contributed by atoms with van der Waals surface area (Å²) in [6, 6.07) is 9.61. The van der Waals surface area contributed by atoms with Gasteiger partial charge in [-0.3, -0.25) is 19.4 Å². The number of carbonyl (C=O) groups is 3. The van der Waals surface area contributed by atoms with E-state index in [0.717, 1.165) is 10.8 Å². The number of hydrogen-bond acceptors (Lipinski definition) is 8. The molecule has 2 aromatic rings. The van der Waals surface area contributed by atoms with Gasteiger partial charge in [0.05, 0.1) is 24.0 Å². The molecule has 1 fully saturated rings. The normalized spacial score (nSPS) is 26.1. The van der Waals surface area contributed by atoms with Crippen LogP contribution in [-0.2, 0) is 28.7 Å². The van der Waals surface area contributed by atoms with Crippen LogP contribution < -0.4 is 0 Å². The number of benzene rings is 1. The summed E-state index contributed by atoms with van der Waals surface area (Å²) in [5.74, 6) is -5.74. The van der Waals surface area contributed by atoms with Gasteiger partial charge in [0.15, 0.2) is 12.5 Å². The van der Waals surface area contributed by atoms with Gasteiger partial charge in [0.1, 0.15) is 5.71 Å². The maximum atomic E-state index is 14.2. The number of cyclic esters (lactones) is 1. The van der Waals surface area contributed by atoms with Gasteiger partial charge in [-0.1, -0.05) is 57.1 Å². The minimum atomic E-state index is -2.12. The van der Waals surface area contributed by atoms with Crippen molar-refractivity contribution in [2.45, 2.75) is 58.3 Å². The van der Waals surface area contributed by atoms with E-state index in [0.29, 0.717) is 11.4 Å². The zero-order valence-electron chi connectivity index (χ0n) is 20.2. The molecule has 0 radical (unpaired) electrons. The monoisotopic (exact) mass is 484 g/mol. The number of rotatable bonds is 8. The fraction of sp³-hybridized carbons (Fsp3) is 0.500. The molecule has 4 rings (SSSR count). The van der Waals surface area contributed by atoms with E-state index in [9.17, 15) is 18.8 Å². The van der Waals surface area contributed by atoms with Gasteiger partial charge >= 0.3 is 11.9 Å². The van der Waals surface area contributed by atoms with Gasteiger partial charge in [-0.25, -0.2) is 4.39 Å². The molecule has 9 heteroatoms. The van der Waals surface area contributed by atoms with Crippen molar-refractivity contribution in [2.24, 2.45) is 22.9 Å². The lowest BCUT2D eigenvalue weighted by atomic mass is 9.77. The van der Waals surface area contributed by atoms with Crippen molar-refractivity contribution in [3.05, 3.63) is 42.2 Å². The van der Waals surface area contributed by atoms with Gasteiger partial charge < -0.3 is 14.3 Å². The smallest absolute Gasteiger partial charge is 0.311 e. The Hall–Kier alpha value is -3.36. The van der Waals surface area contributed by atoms with E-state index in [4.69, 9.17) is 14.3 Å². The number of Topliss-reactive ketones (excluding diaryl/α,β-unsaturated/α-hetero) is 1.